The molecule has 10 heteroatoms. The molecule has 1 saturated heterocycles. The highest BCUT2D eigenvalue weighted by Crippen LogP contribution is 2.40. The molecule has 2 atom stereocenters. The Kier molecular flexibility index (Phi) is 10.6. The first-order valence-corrected chi connectivity index (χ1v) is 18.4. The number of hydrogen-bond acceptors (Lipinski definition) is 7. The molecule has 260 valence electrons. The summed E-state index contributed by atoms with van der Waals surface area (Å²) in [6.45, 7) is 6.58. The summed E-state index contributed by atoms with van der Waals surface area (Å²) >= 11 is 1.42. The highest BCUT2D eigenvalue weighted by Gasteiger charge is 2.39. The van der Waals surface area contributed by atoms with Crippen molar-refractivity contribution in [3.63, 3.8) is 0 Å². The van der Waals surface area contributed by atoms with E-state index in [0.29, 0.717) is 16.8 Å². The highest BCUT2D eigenvalue weighted by molar-refractivity contribution is 7.14. The van der Waals surface area contributed by atoms with Crippen LogP contribution in [-0.4, -0.2) is 70.1 Å². The Morgan fingerprint density at radius 3 is 2.22 bits per heavy atom. The van der Waals surface area contributed by atoms with Gasteiger partial charge in [0.25, 0.3) is 5.91 Å². The molecule has 2 aliphatic carbocycles. The third kappa shape index (κ3) is 8.29. The minimum absolute atomic E-state index is 0.0891. The second-order valence-electron chi connectivity index (χ2n) is 15.0. The third-order valence-electron chi connectivity index (χ3n) is 10.6. The van der Waals surface area contributed by atoms with E-state index in [2.05, 4.69) is 32.2 Å². The van der Waals surface area contributed by atoms with Crippen LogP contribution in [0.25, 0.3) is 17.0 Å². The van der Waals surface area contributed by atoms with Crippen LogP contribution in [0.1, 0.15) is 91.4 Å². The van der Waals surface area contributed by atoms with Crippen molar-refractivity contribution in [2.75, 3.05) is 20.2 Å². The molecule has 2 N–H and O–H groups in total. The van der Waals surface area contributed by atoms with Crippen molar-refractivity contribution in [1.82, 2.24) is 20.2 Å². The quantitative estimate of drug-likeness (QED) is 0.242. The summed E-state index contributed by atoms with van der Waals surface area (Å²) in [6.07, 6.45) is 15.2. The lowest BCUT2D eigenvalue weighted by molar-refractivity contribution is -0.153. The van der Waals surface area contributed by atoms with E-state index in [9.17, 15) is 19.5 Å². The number of benzene rings is 1. The maximum absolute atomic E-state index is 13.5. The fourth-order valence-electron chi connectivity index (χ4n) is 7.34. The van der Waals surface area contributed by atoms with Crippen molar-refractivity contribution < 1.29 is 24.2 Å². The number of thiophene rings is 1. The van der Waals surface area contributed by atoms with E-state index in [4.69, 9.17) is 14.7 Å². The Morgan fingerprint density at radius 2 is 1.65 bits per heavy atom. The molecule has 3 aromatic rings. The number of nitrogens with zero attached hydrogens (tertiary/aromatic N) is 3. The monoisotopic (exact) mass is 684 g/mol. The Bertz CT molecular complexity index is 1660. The number of carbonyl (C=O) groups excluding carboxylic acids is 2. The van der Waals surface area contributed by atoms with Crippen LogP contribution < -0.4 is 5.32 Å². The van der Waals surface area contributed by atoms with E-state index < -0.39 is 17.9 Å². The fraction of sp³-hybridized carbons (Fsp3) is 0.513. The van der Waals surface area contributed by atoms with Crippen LogP contribution in [0.2, 0.25) is 0 Å². The van der Waals surface area contributed by atoms with Crippen LogP contribution in [0.15, 0.2) is 54.9 Å². The lowest BCUT2D eigenvalue weighted by Gasteiger charge is -2.38. The van der Waals surface area contributed by atoms with Crippen LogP contribution in [-0.2, 0) is 26.2 Å². The van der Waals surface area contributed by atoms with Crippen LogP contribution in [0.5, 0.6) is 0 Å². The minimum Gasteiger partial charge on any atom is -0.481 e. The normalized spacial score (nSPS) is 22.2. The van der Waals surface area contributed by atoms with Gasteiger partial charge in [0.2, 0.25) is 5.91 Å². The lowest BCUT2D eigenvalue weighted by atomic mass is 9.73. The molecule has 2 fully saturated rings. The van der Waals surface area contributed by atoms with Crippen molar-refractivity contribution in [2.45, 2.75) is 89.7 Å². The second-order valence-corrected chi connectivity index (χ2v) is 16.0. The summed E-state index contributed by atoms with van der Waals surface area (Å²) in [5.74, 6) is 0.124. The molecule has 1 aromatic carbocycles. The van der Waals surface area contributed by atoms with Gasteiger partial charge in [-0.15, -0.1) is 11.3 Å². The van der Waals surface area contributed by atoms with Gasteiger partial charge in [0.05, 0.1) is 16.9 Å². The standard InChI is InChI=1S/C39H48N4O5S/c1-39(2,3)34-18-17-33(49-34)36(44)42-32(37(45)43-22-30(23-43)38(46)47)19-24-5-7-28(8-6-24)35-40-20-29(21-41-35)27-11-9-25(10-12-27)26-13-15-31(48-4)16-14-26/h5-8,11,17-18,20-21,25-26,30-32H,9-10,12-16,19,22-23H2,1-4H3,(H,42,44)(H,46,47). The SMILES string of the molecule is COC1CCC(C2CC=C(c3cnc(-c4ccc(CC(NC(=O)c5ccc(C(C)(C)C)s5)C(=O)N5CC(C(=O)O)C5)cc4)nc3)CC2)CC1. The summed E-state index contributed by atoms with van der Waals surface area (Å²) in [5.41, 5.74) is 4.06. The number of nitrogens with one attached hydrogen (secondary N) is 1. The average molecular weight is 685 g/mol. The molecule has 0 radical (unpaired) electrons. The Morgan fingerprint density at radius 1 is 0.959 bits per heavy atom. The van der Waals surface area contributed by atoms with Gasteiger partial charge in [-0.2, -0.15) is 0 Å². The molecule has 3 aliphatic rings. The van der Waals surface area contributed by atoms with Crippen LogP contribution in [0, 0.1) is 17.8 Å². The molecular formula is C39H48N4O5S. The number of carboxylic acids is 1. The summed E-state index contributed by atoms with van der Waals surface area (Å²) in [6, 6.07) is 10.7. The predicted molar refractivity (Wildman–Crippen MR) is 191 cm³/mol. The molecule has 0 spiro atoms. The molecule has 2 unspecified atom stereocenters. The molecule has 2 aromatic heterocycles. The van der Waals surface area contributed by atoms with Gasteiger partial charge in [-0.3, -0.25) is 14.4 Å². The number of aromatic nitrogens is 2. The van der Waals surface area contributed by atoms with E-state index in [1.807, 2.05) is 49.8 Å². The number of carbonyl (C=O) groups is 3. The number of rotatable bonds is 10. The predicted octanol–water partition coefficient (Wildman–Crippen LogP) is 6.78. The van der Waals surface area contributed by atoms with Crippen LogP contribution >= 0.6 is 11.3 Å². The number of ether oxygens (including phenoxy) is 1. The van der Waals surface area contributed by atoms with Crippen LogP contribution in [0.4, 0.5) is 0 Å². The Labute approximate surface area is 293 Å². The van der Waals surface area contributed by atoms with Crippen molar-refractivity contribution in [1.29, 1.82) is 0 Å². The number of carboxylic acid groups (broad SMARTS) is 1. The van der Waals surface area contributed by atoms with E-state index in [1.54, 1.807) is 6.07 Å². The van der Waals surface area contributed by atoms with Crippen molar-refractivity contribution in [3.05, 3.63) is 75.7 Å². The second kappa shape index (κ2) is 14.9. The molecule has 1 aliphatic heterocycles. The molecule has 9 nitrogen and oxygen atoms in total. The number of amides is 2. The first kappa shape index (κ1) is 35.0. The largest absolute Gasteiger partial charge is 0.481 e. The molecular weight excluding hydrogens is 637 g/mol. The summed E-state index contributed by atoms with van der Waals surface area (Å²) < 4.78 is 5.56. The lowest BCUT2D eigenvalue weighted by Crippen LogP contribution is -2.59. The zero-order valence-corrected chi connectivity index (χ0v) is 29.8. The van der Waals surface area contributed by atoms with Gasteiger partial charge in [-0.1, -0.05) is 51.1 Å². The van der Waals surface area contributed by atoms with Crippen LogP contribution in [0.3, 0.4) is 0 Å². The van der Waals surface area contributed by atoms with Crippen molar-refractivity contribution in [3.8, 4) is 11.4 Å². The number of allylic oxidation sites excluding steroid dienone is 2. The minimum atomic E-state index is -0.913. The maximum Gasteiger partial charge on any atom is 0.310 e. The topological polar surface area (TPSA) is 122 Å². The smallest absolute Gasteiger partial charge is 0.310 e. The third-order valence-corrected chi connectivity index (χ3v) is 12.1. The van der Waals surface area contributed by atoms with Gasteiger partial charge in [0, 0.05) is 55.0 Å². The van der Waals surface area contributed by atoms with Crippen molar-refractivity contribution in [2.24, 2.45) is 17.8 Å². The molecule has 2 amide bonds. The van der Waals surface area contributed by atoms with E-state index in [-0.39, 0.29) is 36.7 Å². The number of hydrogen-bond donors (Lipinski definition) is 2. The van der Waals surface area contributed by atoms with Gasteiger partial charge in [0.15, 0.2) is 5.82 Å². The first-order valence-electron chi connectivity index (χ1n) is 17.5. The van der Waals surface area contributed by atoms with Gasteiger partial charge < -0.3 is 20.1 Å². The van der Waals surface area contributed by atoms with Crippen molar-refractivity contribution >= 4 is 34.7 Å². The zero-order chi connectivity index (χ0) is 34.7. The van der Waals surface area contributed by atoms with Gasteiger partial charge in [0.1, 0.15) is 6.04 Å². The molecule has 6 rings (SSSR count). The number of methoxy groups -OCH3 is 1. The first-order chi connectivity index (χ1) is 23.5. The summed E-state index contributed by atoms with van der Waals surface area (Å²) in [5, 5.41) is 12.3. The Hall–Kier alpha value is -3.89. The molecule has 3 heterocycles. The Balaban J connectivity index is 1.09. The number of likely N-dealkylation sites (tertiary alicyclic amines) is 1. The summed E-state index contributed by atoms with van der Waals surface area (Å²) in [7, 11) is 1.83. The number of aliphatic carboxylic acids is 1. The van der Waals surface area contributed by atoms with Gasteiger partial charge in [-0.05, 0) is 85.5 Å². The molecule has 1 saturated carbocycles. The molecule has 49 heavy (non-hydrogen) atoms. The molecule has 0 bridgehead atoms. The average Bonchev–Trinajstić information content (AvgIpc) is 3.60. The highest BCUT2D eigenvalue weighted by atomic mass is 32.1. The summed E-state index contributed by atoms with van der Waals surface area (Å²) in [4.78, 5) is 50.7. The van der Waals surface area contributed by atoms with E-state index in [0.717, 1.165) is 46.2 Å². The zero-order valence-electron chi connectivity index (χ0n) is 29.0. The maximum atomic E-state index is 13.5. The van der Waals surface area contributed by atoms with E-state index >= 15 is 0 Å². The van der Waals surface area contributed by atoms with Gasteiger partial charge >= 0.3 is 5.97 Å². The van der Waals surface area contributed by atoms with Gasteiger partial charge in [-0.25, -0.2) is 9.97 Å². The fourth-order valence-corrected chi connectivity index (χ4v) is 8.30. The van der Waals surface area contributed by atoms with E-state index in [1.165, 1.54) is 53.9 Å².